The van der Waals surface area contributed by atoms with E-state index in [2.05, 4.69) is 37.3 Å². The number of fused-ring (bicyclic) bond motifs is 3. The number of anilines is 1. The summed E-state index contributed by atoms with van der Waals surface area (Å²) in [7, 11) is 0. The van der Waals surface area contributed by atoms with E-state index in [9.17, 15) is 4.79 Å². The fourth-order valence-corrected chi connectivity index (χ4v) is 4.57. The molecule has 1 fully saturated rings. The van der Waals surface area contributed by atoms with E-state index in [0.29, 0.717) is 26.4 Å². The number of carbonyl (C=O) groups is 1. The molecule has 0 radical (unpaired) electrons. The molecule has 0 saturated carbocycles. The highest BCUT2D eigenvalue weighted by Gasteiger charge is 2.54. The predicted molar refractivity (Wildman–Crippen MR) is 125 cm³/mol. The van der Waals surface area contributed by atoms with Crippen molar-refractivity contribution in [2.75, 3.05) is 31.3 Å². The van der Waals surface area contributed by atoms with Gasteiger partial charge in [-0.25, -0.2) is 0 Å². The summed E-state index contributed by atoms with van der Waals surface area (Å²) in [5, 5.41) is 2.31. The number of unbranched alkanes of at least 4 members (excludes halogenated alkanes) is 1. The monoisotopic (exact) mass is 431 g/mol. The molecule has 5 heteroatoms. The maximum atomic E-state index is 13.5. The van der Waals surface area contributed by atoms with Crippen LogP contribution in [0.2, 0.25) is 0 Å². The van der Waals surface area contributed by atoms with Gasteiger partial charge in [-0.05, 0) is 59.9 Å². The van der Waals surface area contributed by atoms with Crippen LogP contribution in [0.4, 0.5) is 5.69 Å². The van der Waals surface area contributed by atoms with Gasteiger partial charge >= 0.3 is 0 Å². The molecule has 3 aromatic rings. The summed E-state index contributed by atoms with van der Waals surface area (Å²) in [4.78, 5) is 15.3. The minimum absolute atomic E-state index is 0.151. The van der Waals surface area contributed by atoms with Gasteiger partial charge in [-0.15, -0.1) is 0 Å². The number of nitrogens with zero attached hydrogens (tertiary/aromatic N) is 1. The summed E-state index contributed by atoms with van der Waals surface area (Å²) in [6.45, 7) is 4.04. The van der Waals surface area contributed by atoms with Crippen molar-refractivity contribution in [1.29, 1.82) is 0 Å². The molecule has 3 aromatic carbocycles. The van der Waals surface area contributed by atoms with Gasteiger partial charge in [0.1, 0.15) is 12.4 Å². The molecule has 0 unspecified atom stereocenters. The Morgan fingerprint density at radius 3 is 2.62 bits per heavy atom. The Labute approximate surface area is 188 Å². The first-order valence-corrected chi connectivity index (χ1v) is 11.6. The first kappa shape index (κ1) is 21.0. The van der Waals surface area contributed by atoms with Crippen LogP contribution in [0.5, 0.6) is 5.75 Å². The quantitative estimate of drug-likeness (QED) is 0.516. The van der Waals surface area contributed by atoms with Crippen molar-refractivity contribution in [2.45, 2.75) is 38.4 Å². The first-order chi connectivity index (χ1) is 15.7. The molecule has 5 nitrogen and oxygen atoms in total. The minimum atomic E-state index is -1.31. The molecule has 0 aliphatic carbocycles. The SMILES string of the molecule is CCCCc1ccc2c(c1)C1(OCCCO1)C(=O)N2CCOc1ccc2ccccc2c1. The number of benzene rings is 3. The molecule has 2 aliphatic heterocycles. The maximum absolute atomic E-state index is 13.5. The molecule has 0 bridgehead atoms. The van der Waals surface area contributed by atoms with E-state index < -0.39 is 5.79 Å². The highest BCUT2D eigenvalue weighted by molar-refractivity contribution is 6.06. The number of rotatable bonds is 7. The van der Waals surface area contributed by atoms with Crippen molar-refractivity contribution < 1.29 is 19.0 Å². The summed E-state index contributed by atoms with van der Waals surface area (Å²) in [5.74, 6) is -0.661. The van der Waals surface area contributed by atoms with E-state index >= 15 is 0 Å². The van der Waals surface area contributed by atoms with Gasteiger partial charge < -0.3 is 19.1 Å². The second kappa shape index (κ2) is 8.93. The molecule has 166 valence electrons. The van der Waals surface area contributed by atoms with Crippen LogP contribution in [0.1, 0.15) is 37.3 Å². The largest absolute Gasteiger partial charge is 0.492 e. The van der Waals surface area contributed by atoms with Crippen LogP contribution in [0.25, 0.3) is 10.8 Å². The molecule has 1 spiro atoms. The lowest BCUT2D eigenvalue weighted by Gasteiger charge is -2.32. The second-order valence-corrected chi connectivity index (χ2v) is 8.44. The van der Waals surface area contributed by atoms with E-state index in [4.69, 9.17) is 14.2 Å². The summed E-state index contributed by atoms with van der Waals surface area (Å²) < 4.78 is 18.0. The summed E-state index contributed by atoms with van der Waals surface area (Å²) in [5.41, 5.74) is 2.91. The van der Waals surface area contributed by atoms with Crippen LogP contribution in [0.15, 0.2) is 60.7 Å². The van der Waals surface area contributed by atoms with Crippen molar-refractivity contribution in [3.63, 3.8) is 0 Å². The fourth-order valence-electron chi connectivity index (χ4n) is 4.57. The van der Waals surface area contributed by atoms with Crippen molar-refractivity contribution in [3.8, 4) is 5.75 Å². The van der Waals surface area contributed by atoms with E-state index in [1.54, 1.807) is 4.90 Å². The standard InChI is InChI=1S/C27H29NO4/c1-2-3-7-20-10-13-25-24(18-20)27(31-15-6-16-32-27)26(29)28(25)14-17-30-23-12-11-21-8-4-5-9-22(21)19-23/h4-5,8-13,18-19H,2-3,6-7,14-17H2,1H3. The van der Waals surface area contributed by atoms with Gasteiger partial charge in [0, 0.05) is 5.56 Å². The number of amides is 1. The van der Waals surface area contributed by atoms with E-state index in [1.807, 2.05) is 30.3 Å². The zero-order valence-corrected chi connectivity index (χ0v) is 18.5. The number of hydrogen-bond acceptors (Lipinski definition) is 4. The van der Waals surface area contributed by atoms with Crippen molar-refractivity contribution in [2.24, 2.45) is 0 Å². The van der Waals surface area contributed by atoms with Gasteiger partial charge in [0.05, 0.1) is 25.4 Å². The summed E-state index contributed by atoms with van der Waals surface area (Å²) >= 11 is 0. The molecule has 2 aliphatic rings. The Kier molecular flexibility index (Phi) is 5.85. The third-order valence-electron chi connectivity index (χ3n) is 6.26. The van der Waals surface area contributed by atoms with Crippen LogP contribution in [0, 0.1) is 0 Å². The molecule has 32 heavy (non-hydrogen) atoms. The Bertz CT molecular complexity index is 1120. The third kappa shape index (κ3) is 3.76. The molecule has 0 atom stereocenters. The highest BCUT2D eigenvalue weighted by atomic mass is 16.7. The smallest absolute Gasteiger partial charge is 0.292 e. The number of ether oxygens (including phenoxy) is 3. The molecule has 2 heterocycles. The molecular weight excluding hydrogens is 402 g/mol. The summed E-state index contributed by atoms with van der Waals surface area (Å²) in [6.07, 6.45) is 4.03. The predicted octanol–water partition coefficient (Wildman–Crippen LogP) is 5.20. The van der Waals surface area contributed by atoms with Crippen molar-refractivity contribution in [3.05, 3.63) is 71.8 Å². The zero-order valence-electron chi connectivity index (χ0n) is 18.5. The highest BCUT2D eigenvalue weighted by Crippen LogP contribution is 2.45. The van der Waals surface area contributed by atoms with E-state index in [-0.39, 0.29) is 5.91 Å². The van der Waals surface area contributed by atoms with Gasteiger partial charge in [-0.1, -0.05) is 49.7 Å². The Hall–Kier alpha value is -2.89. The first-order valence-electron chi connectivity index (χ1n) is 11.6. The molecular formula is C27H29NO4. The van der Waals surface area contributed by atoms with Crippen LogP contribution in [0.3, 0.4) is 0 Å². The van der Waals surface area contributed by atoms with Crippen molar-refractivity contribution >= 4 is 22.4 Å². The van der Waals surface area contributed by atoms with Crippen LogP contribution >= 0.6 is 0 Å². The van der Waals surface area contributed by atoms with Gasteiger partial charge in [0.25, 0.3) is 11.7 Å². The minimum Gasteiger partial charge on any atom is -0.492 e. The molecule has 1 saturated heterocycles. The molecule has 0 aromatic heterocycles. The lowest BCUT2D eigenvalue weighted by Crippen LogP contribution is -2.48. The van der Waals surface area contributed by atoms with Gasteiger partial charge in [-0.2, -0.15) is 0 Å². The number of aryl methyl sites for hydroxylation is 1. The number of carbonyl (C=O) groups excluding carboxylic acids is 1. The average molecular weight is 432 g/mol. The Morgan fingerprint density at radius 1 is 1.00 bits per heavy atom. The van der Waals surface area contributed by atoms with Crippen LogP contribution < -0.4 is 9.64 Å². The van der Waals surface area contributed by atoms with Crippen molar-refractivity contribution in [1.82, 2.24) is 0 Å². The van der Waals surface area contributed by atoms with Crippen LogP contribution in [-0.2, 0) is 26.5 Å². The van der Waals surface area contributed by atoms with E-state index in [0.717, 1.165) is 48.1 Å². The fraction of sp³-hybridized carbons (Fsp3) is 0.370. The lowest BCUT2D eigenvalue weighted by molar-refractivity contribution is -0.256. The lowest BCUT2D eigenvalue weighted by atomic mass is 10.00. The molecule has 5 rings (SSSR count). The van der Waals surface area contributed by atoms with E-state index in [1.165, 1.54) is 10.9 Å². The van der Waals surface area contributed by atoms with Gasteiger partial charge in [0.2, 0.25) is 0 Å². The number of hydrogen-bond donors (Lipinski definition) is 0. The average Bonchev–Trinajstić information content (AvgIpc) is 3.05. The third-order valence-corrected chi connectivity index (χ3v) is 6.26. The molecule has 1 amide bonds. The molecule has 0 N–H and O–H groups in total. The second-order valence-electron chi connectivity index (χ2n) is 8.44. The zero-order chi connectivity index (χ0) is 22.0. The van der Waals surface area contributed by atoms with Gasteiger partial charge in [-0.3, -0.25) is 4.79 Å². The van der Waals surface area contributed by atoms with Crippen LogP contribution in [-0.4, -0.2) is 32.3 Å². The Morgan fingerprint density at radius 2 is 1.81 bits per heavy atom. The topological polar surface area (TPSA) is 48.0 Å². The summed E-state index contributed by atoms with van der Waals surface area (Å²) in [6, 6.07) is 20.5. The Balaban J connectivity index is 1.36. The normalized spacial score (nSPS) is 17.2. The van der Waals surface area contributed by atoms with Gasteiger partial charge in [0.15, 0.2) is 0 Å². The maximum Gasteiger partial charge on any atom is 0.292 e.